The molecular weight excluding hydrogens is 258 g/mol. The minimum Gasteiger partial charge on any atom is -0.399 e. The van der Waals surface area contributed by atoms with Gasteiger partial charge in [0.15, 0.2) is 0 Å². The molecule has 0 spiro atoms. The lowest BCUT2D eigenvalue weighted by molar-refractivity contribution is -0.117. The number of hydrogen-bond donors (Lipinski definition) is 2. The Morgan fingerprint density at radius 1 is 1.32 bits per heavy atom. The standard InChI is InChI=1S/C14H17N3OS/c1-17(8-11-6-7-19-10-11)9-14(18)16-13-4-2-12(15)3-5-13/h2-7,10H,8-9,15H2,1H3,(H,16,18). The fourth-order valence-electron chi connectivity index (χ4n) is 1.76. The number of carbonyl (C=O) groups is 1. The van der Waals surface area contributed by atoms with Crippen LogP contribution < -0.4 is 11.1 Å². The van der Waals surface area contributed by atoms with Gasteiger partial charge in [-0.3, -0.25) is 9.69 Å². The molecule has 0 atom stereocenters. The van der Waals surface area contributed by atoms with Crippen LogP contribution in [-0.2, 0) is 11.3 Å². The van der Waals surface area contributed by atoms with Gasteiger partial charge >= 0.3 is 0 Å². The summed E-state index contributed by atoms with van der Waals surface area (Å²) in [6.07, 6.45) is 0. The monoisotopic (exact) mass is 275 g/mol. The Labute approximate surface area is 116 Å². The van der Waals surface area contributed by atoms with Gasteiger partial charge in [0, 0.05) is 17.9 Å². The molecule has 0 aliphatic carbocycles. The van der Waals surface area contributed by atoms with Crippen molar-refractivity contribution in [3.8, 4) is 0 Å². The highest BCUT2D eigenvalue weighted by molar-refractivity contribution is 7.07. The number of nitrogens with one attached hydrogen (secondary N) is 1. The maximum atomic E-state index is 11.9. The third-order valence-electron chi connectivity index (χ3n) is 2.64. The van der Waals surface area contributed by atoms with Gasteiger partial charge in [0.1, 0.15) is 0 Å². The number of nitrogen functional groups attached to an aromatic ring is 1. The zero-order valence-electron chi connectivity index (χ0n) is 10.8. The molecule has 4 nitrogen and oxygen atoms in total. The molecule has 0 saturated carbocycles. The number of hydrogen-bond acceptors (Lipinski definition) is 4. The summed E-state index contributed by atoms with van der Waals surface area (Å²) in [7, 11) is 1.93. The molecule has 1 aromatic heterocycles. The second-order valence-corrected chi connectivity index (χ2v) is 5.25. The van der Waals surface area contributed by atoms with Crippen LogP contribution in [0.3, 0.4) is 0 Å². The summed E-state index contributed by atoms with van der Waals surface area (Å²) < 4.78 is 0. The van der Waals surface area contributed by atoms with Crippen molar-refractivity contribution in [2.45, 2.75) is 6.54 Å². The van der Waals surface area contributed by atoms with Crippen LogP contribution in [-0.4, -0.2) is 24.4 Å². The van der Waals surface area contributed by atoms with E-state index in [2.05, 4.69) is 16.8 Å². The molecule has 19 heavy (non-hydrogen) atoms. The topological polar surface area (TPSA) is 58.4 Å². The van der Waals surface area contributed by atoms with Crippen molar-refractivity contribution < 1.29 is 4.79 Å². The lowest BCUT2D eigenvalue weighted by Crippen LogP contribution is -2.29. The molecule has 2 rings (SSSR count). The SMILES string of the molecule is CN(CC(=O)Nc1ccc(N)cc1)Cc1ccsc1. The first kappa shape index (κ1) is 13.6. The molecule has 0 radical (unpaired) electrons. The van der Waals surface area contributed by atoms with Gasteiger partial charge in [-0.1, -0.05) is 0 Å². The zero-order chi connectivity index (χ0) is 13.7. The Morgan fingerprint density at radius 3 is 2.68 bits per heavy atom. The number of amides is 1. The molecule has 0 fully saturated rings. The fraction of sp³-hybridized carbons (Fsp3) is 0.214. The van der Waals surface area contributed by atoms with E-state index in [0.29, 0.717) is 12.2 Å². The van der Waals surface area contributed by atoms with Crippen LogP contribution in [0.25, 0.3) is 0 Å². The first-order valence-electron chi connectivity index (χ1n) is 5.98. The molecule has 3 N–H and O–H groups in total. The van der Waals surface area contributed by atoms with E-state index in [1.54, 1.807) is 35.6 Å². The third kappa shape index (κ3) is 4.39. The smallest absolute Gasteiger partial charge is 0.238 e. The van der Waals surface area contributed by atoms with Crippen molar-refractivity contribution in [2.75, 3.05) is 24.6 Å². The number of benzene rings is 1. The number of nitrogens with zero attached hydrogens (tertiary/aromatic N) is 1. The summed E-state index contributed by atoms with van der Waals surface area (Å²) >= 11 is 1.67. The van der Waals surface area contributed by atoms with E-state index in [1.807, 2.05) is 17.3 Å². The summed E-state index contributed by atoms with van der Waals surface area (Å²) in [6.45, 7) is 1.14. The van der Waals surface area contributed by atoms with Gasteiger partial charge in [-0.05, 0) is 53.7 Å². The normalized spacial score (nSPS) is 10.6. The molecule has 1 aromatic carbocycles. The van der Waals surface area contributed by atoms with Gasteiger partial charge < -0.3 is 11.1 Å². The number of carbonyl (C=O) groups excluding carboxylic acids is 1. The van der Waals surface area contributed by atoms with Crippen LogP contribution in [0.15, 0.2) is 41.1 Å². The van der Waals surface area contributed by atoms with Crippen LogP contribution in [0.2, 0.25) is 0 Å². The van der Waals surface area contributed by atoms with E-state index in [0.717, 1.165) is 12.2 Å². The van der Waals surface area contributed by atoms with Crippen LogP contribution in [0, 0.1) is 0 Å². The molecule has 2 aromatic rings. The van der Waals surface area contributed by atoms with Crippen molar-refractivity contribution >= 4 is 28.6 Å². The average molecular weight is 275 g/mol. The van der Waals surface area contributed by atoms with Crippen LogP contribution in [0.1, 0.15) is 5.56 Å². The predicted molar refractivity (Wildman–Crippen MR) is 80.1 cm³/mol. The lowest BCUT2D eigenvalue weighted by Gasteiger charge is -2.15. The van der Waals surface area contributed by atoms with Crippen LogP contribution >= 0.6 is 11.3 Å². The van der Waals surface area contributed by atoms with E-state index in [1.165, 1.54) is 5.56 Å². The Balaban J connectivity index is 1.82. The number of likely N-dealkylation sites (N-methyl/N-ethyl adjacent to an activating group) is 1. The molecule has 0 saturated heterocycles. The first-order chi connectivity index (χ1) is 9.13. The number of nitrogens with two attached hydrogens (primary N) is 1. The fourth-order valence-corrected chi connectivity index (χ4v) is 2.42. The van der Waals surface area contributed by atoms with Crippen molar-refractivity contribution in [2.24, 2.45) is 0 Å². The largest absolute Gasteiger partial charge is 0.399 e. The summed E-state index contributed by atoms with van der Waals surface area (Å²) in [5, 5.41) is 6.98. The maximum absolute atomic E-state index is 11.9. The van der Waals surface area contributed by atoms with Gasteiger partial charge in [0.25, 0.3) is 0 Å². The Hall–Kier alpha value is -1.85. The lowest BCUT2D eigenvalue weighted by atomic mass is 10.3. The van der Waals surface area contributed by atoms with Crippen LogP contribution in [0.5, 0.6) is 0 Å². The Kier molecular flexibility index (Phi) is 4.54. The van der Waals surface area contributed by atoms with Crippen molar-refractivity contribution in [1.29, 1.82) is 0 Å². The molecule has 1 amide bonds. The molecule has 0 aliphatic rings. The highest BCUT2D eigenvalue weighted by atomic mass is 32.1. The van der Waals surface area contributed by atoms with Gasteiger partial charge in [-0.25, -0.2) is 0 Å². The molecule has 100 valence electrons. The number of rotatable bonds is 5. The van der Waals surface area contributed by atoms with Gasteiger partial charge in [-0.2, -0.15) is 11.3 Å². The van der Waals surface area contributed by atoms with Gasteiger partial charge in [0.2, 0.25) is 5.91 Å². The Morgan fingerprint density at radius 2 is 2.05 bits per heavy atom. The second-order valence-electron chi connectivity index (χ2n) is 4.47. The van der Waals surface area contributed by atoms with Crippen molar-refractivity contribution in [3.63, 3.8) is 0 Å². The predicted octanol–water partition coefficient (Wildman–Crippen LogP) is 2.40. The molecule has 0 unspecified atom stereocenters. The highest BCUT2D eigenvalue weighted by Crippen LogP contribution is 2.11. The molecule has 0 aliphatic heterocycles. The van der Waals surface area contributed by atoms with Crippen LogP contribution in [0.4, 0.5) is 11.4 Å². The summed E-state index contributed by atoms with van der Waals surface area (Å²) in [5.41, 5.74) is 8.28. The van der Waals surface area contributed by atoms with E-state index in [9.17, 15) is 4.79 Å². The maximum Gasteiger partial charge on any atom is 0.238 e. The summed E-state index contributed by atoms with van der Waals surface area (Å²) in [4.78, 5) is 13.8. The first-order valence-corrected chi connectivity index (χ1v) is 6.93. The minimum atomic E-state index is -0.0255. The summed E-state index contributed by atoms with van der Waals surface area (Å²) in [6, 6.07) is 9.20. The number of thiophene rings is 1. The second kappa shape index (κ2) is 6.36. The number of anilines is 2. The summed E-state index contributed by atoms with van der Waals surface area (Å²) in [5.74, 6) is -0.0255. The molecule has 5 heteroatoms. The van der Waals surface area contributed by atoms with E-state index >= 15 is 0 Å². The average Bonchev–Trinajstić information content (AvgIpc) is 2.84. The van der Waals surface area contributed by atoms with Crippen molar-refractivity contribution in [1.82, 2.24) is 4.90 Å². The van der Waals surface area contributed by atoms with Gasteiger partial charge in [-0.15, -0.1) is 0 Å². The van der Waals surface area contributed by atoms with Crippen molar-refractivity contribution in [3.05, 3.63) is 46.7 Å². The van der Waals surface area contributed by atoms with E-state index in [-0.39, 0.29) is 5.91 Å². The third-order valence-corrected chi connectivity index (χ3v) is 3.37. The van der Waals surface area contributed by atoms with E-state index < -0.39 is 0 Å². The zero-order valence-corrected chi connectivity index (χ0v) is 11.6. The minimum absolute atomic E-state index is 0.0255. The molecular formula is C14H17N3OS. The molecule has 0 bridgehead atoms. The molecule has 1 heterocycles. The van der Waals surface area contributed by atoms with E-state index in [4.69, 9.17) is 5.73 Å². The quantitative estimate of drug-likeness (QED) is 0.824. The Bertz CT molecular complexity index is 522. The van der Waals surface area contributed by atoms with Gasteiger partial charge in [0.05, 0.1) is 6.54 Å². The highest BCUT2D eigenvalue weighted by Gasteiger charge is 2.07.